The Labute approximate surface area is 97.4 Å². The second-order valence-electron chi connectivity index (χ2n) is 3.98. The highest BCUT2D eigenvalue weighted by Crippen LogP contribution is 2.29. The molecule has 2 heterocycles. The summed E-state index contributed by atoms with van der Waals surface area (Å²) in [5.41, 5.74) is 0. The molecule has 1 fully saturated rings. The number of aryl methyl sites for hydroxylation is 1. The first-order valence-corrected chi connectivity index (χ1v) is 5.48. The van der Waals surface area contributed by atoms with E-state index in [0.717, 1.165) is 0 Å². The van der Waals surface area contributed by atoms with E-state index < -0.39 is 5.92 Å². The molecule has 0 aliphatic carbocycles. The summed E-state index contributed by atoms with van der Waals surface area (Å²) in [6.45, 7) is 1.99. The smallest absolute Gasteiger partial charge is 0.265 e. The van der Waals surface area contributed by atoms with Crippen LogP contribution in [0, 0.1) is 6.92 Å². The predicted molar refractivity (Wildman–Crippen MR) is 58.2 cm³/mol. The molecular formula is C10H12ClF2N3. The van der Waals surface area contributed by atoms with Gasteiger partial charge in [0.1, 0.15) is 16.8 Å². The number of aromatic nitrogens is 2. The molecule has 16 heavy (non-hydrogen) atoms. The second-order valence-corrected chi connectivity index (χ2v) is 4.36. The number of nitrogens with zero attached hydrogens (tertiary/aromatic N) is 3. The number of hydrogen-bond donors (Lipinski definition) is 0. The molecule has 1 aromatic heterocycles. The van der Waals surface area contributed by atoms with Crippen molar-refractivity contribution in [2.24, 2.45) is 0 Å². The molecule has 0 atom stereocenters. The zero-order valence-electron chi connectivity index (χ0n) is 8.88. The first kappa shape index (κ1) is 11.5. The Bertz CT molecular complexity index is 377. The van der Waals surface area contributed by atoms with Crippen molar-refractivity contribution < 1.29 is 8.78 Å². The van der Waals surface area contributed by atoms with Crippen LogP contribution >= 0.6 is 11.6 Å². The predicted octanol–water partition coefficient (Wildman–Crippen LogP) is 2.67. The molecule has 0 spiro atoms. The van der Waals surface area contributed by atoms with Gasteiger partial charge in [0.05, 0.1) is 6.54 Å². The van der Waals surface area contributed by atoms with Gasteiger partial charge in [-0.1, -0.05) is 11.6 Å². The monoisotopic (exact) mass is 247 g/mol. The molecule has 1 aliphatic heterocycles. The van der Waals surface area contributed by atoms with Crippen LogP contribution in [-0.2, 0) is 0 Å². The van der Waals surface area contributed by atoms with Crippen molar-refractivity contribution in [3.05, 3.63) is 17.0 Å². The molecule has 1 aromatic rings. The van der Waals surface area contributed by atoms with Gasteiger partial charge in [0.25, 0.3) is 5.92 Å². The van der Waals surface area contributed by atoms with E-state index in [1.165, 1.54) is 6.07 Å². The van der Waals surface area contributed by atoms with E-state index >= 15 is 0 Å². The number of piperidine rings is 1. The van der Waals surface area contributed by atoms with E-state index in [2.05, 4.69) is 9.97 Å². The molecule has 0 bridgehead atoms. The Hall–Kier alpha value is -0.970. The zero-order chi connectivity index (χ0) is 11.8. The second kappa shape index (κ2) is 4.13. The normalized spacial score (nSPS) is 19.9. The standard InChI is InChI=1S/C10H12ClF2N3/c1-7-14-8(11)5-9(15-7)16-4-2-3-10(12,13)6-16/h5H,2-4,6H2,1H3. The quantitative estimate of drug-likeness (QED) is 0.715. The largest absolute Gasteiger partial charge is 0.350 e. The number of halogens is 3. The average Bonchev–Trinajstić information content (AvgIpc) is 2.14. The van der Waals surface area contributed by atoms with Crippen molar-refractivity contribution >= 4 is 17.4 Å². The summed E-state index contributed by atoms with van der Waals surface area (Å²) in [6.07, 6.45) is 0.412. The lowest BCUT2D eigenvalue weighted by Gasteiger charge is -2.33. The van der Waals surface area contributed by atoms with Crippen molar-refractivity contribution in [1.82, 2.24) is 9.97 Å². The van der Waals surface area contributed by atoms with Gasteiger partial charge in [-0.2, -0.15) is 0 Å². The van der Waals surface area contributed by atoms with Crippen LogP contribution in [-0.4, -0.2) is 29.0 Å². The van der Waals surface area contributed by atoms with Crippen LogP contribution in [0.2, 0.25) is 5.15 Å². The summed E-state index contributed by atoms with van der Waals surface area (Å²) in [7, 11) is 0. The summed E-state index contributed by atoms with van der Waals surface area (Å²) < 4.78 is 26.4. The molecule has 2 rings (SSSR count). The molecule has 0 N–H and O–H groups in total. The third-order valence-corrected chi connectivity index (χ3v) is 2.70. The van der Waals surface area contributed by atoms with E-state index in [1.807, 2.05) is 0 Å². The van der Waals surface area contributed by atoms with E-state index in [9.17, 15) is 8.78 Å². The first-order chi connectivity index (χ1) is 7.46. The Morgan fingerprint density at radius 1 is 1.44 bits per heavy atom. The van der Waals surface area contributed by atoms with Crippen LogP contribution < -0.4 is 4.90 Å². The van der Waals surface area contributed by atoms with Gasteiger partial charge in [-0.15, -0.1) is 0 Å². The Morgan fingerprint density at radius 3 is 2.81 bits per heavy atom. The lowest BCUT2D eigenvalue weighted by molar-refractivity contribution is -0.0118. The van der Waals surface area contributed by atoms with Crippen molar-refractivity contribution in [3.63, 3.8) is 0 Å². The molecular weight excluding hydrogens is 236 g/mol. The number of alkyl halides is 2. The lowest BCUT2D eigenvalue weighted by atomic mass is 10.1. The number of rotatable bonds is 1. The minimum absolute atomic E-state index is 0.0543. The van der Waals surface area contributed by atoms with Crippen molar-refractivity contribution in [2.75, 3.05) is 18.0 Å². The molecule has 3 nitrogen and oxygen atoms in total. The van der Waals surface area contributed by atoms with Gasteiger partial charge < -0.3 is 4.90 Å². The van der Waals surface area contributed by atoms with Crippen LogP contribution in [0.1, 0.15) is 18.7 Å². The van der Waals surface area contributed by atoms with Crippen LogP contribution in [0.25, 0.3) is 0 Å². The first-order valence-electron chi connectivity index (χ1n) is 5.10. The fourth-order valence-corrected chi connectivity index (χ4v) is 2.06. The van der Waals surface area contributed by atoms with Gasteiger partial charge in [0.2, 0.25) is 0 Å². The lowest BCUT2D eigenvalue weighted by Crippen LogP contribution is -2.43. The summed E-state index contributed by atoms with van der Waals surface area (Å²) >= 11 is 5.78. The van der Waals surface area contributed by atoms with Crippen LogP contribution in [0.15, 0.2) is 6.07 Å². The van der Waals surface area contributed by atoms with E-state index in [-0.39, 0.29) is 18.1 Å². The van der Waals surface area contributed by atoms with Gasteiger partial charge in [-0.25, -0.2) is 18.7 Å². The molecule has 0 aromatic carbocycles. The topological polar surface area (TPSA) is 29.0 Å². The van der Waals surface area contributed by atoms with Gasteiger partial charge in [-0.05, 0) is 13.3 Å². The minimum Gasteiger partial charge on any atom is -0.350 e. The van der Waals surface area contributed by atoms with Crippen molar-refractivity contribution in [2.45, 2.75) is 25.7 Å². The van der Waals surface area contributed by atoms with Gasteiger partial charge in [-0.3, -0.25) is 0 Å². The summed E-state index contributed by atoms with van der Waals surface area (Å²) in [5.74, 6) is -1.66. The van der Waals surface area contributed by atoms with E-state index in [4.69, 9.17) is 11.6 Å². The van der Waals surface area contributed by atoms with Crippen molar-refractivity contribution in [3.8, 4) is 0 Å². The zero-order valence-corrected chi connectivity index (χ0v) is 9.64. The molecule has 1 saturated heterocycles. The Morgan fingerprint density at radius 2 is 2.19 bits per heavy atom. The molecule has 0 saturated carbocycles. The van der Waals surface area contributed by atoms with Crippen LogP contribution in [0.4, 0.5) is 14.6 Å². The highest BCUT2D eigenvalue weighted by atomic mass is 35.5. The minimum atomic E-state index is -2.64. The Kier molecular flexibility index (Phi) is 2.97. The summed E-state index contributed by atoms with van der Waals surface area (Å²) in [4.78, 5) is 9.59. The molecule has 88 valence electrons. The van der Waals surface area contributed by atoms with E-state index in [1.54, 1.807) is 11.8 Å². The third-order valence-electron chi connectivity index (χ3n) is 2.51. The summed E-state index contributed by atoms with van der Waals surface area (Å²) in [6, 6.07) is 1.52. The van der Waals surface area contributed by atoms with Crippen LogP contribution in [0.3, 0.4) is 0 Å². The molecule has 0 amide bonds. The molecule has 0 unspecified atom stereocenters. The fourth-order valence-electron chi connectivity index (χ4n) is 1.84. The maximum atomic E-state index is 13.2. The fraction of sp³-hybridized carbons (Fsp3) is 0.600. The number of anilines is 1. The van der Waals surface area contributed by atoms with Crippen LogP contribution in [0.5, 0.6) is 0 Å². The van der Waals surface area contributed by atoms with Gasteiger partial charge in [0.15, 0.2) is 0 Å². The SMILES string of the molecule is Cc1nc(Cl)cc(N2CCCC(F)(F)C2)n1. The maximum absolute atomic E-state index is 13.2. The number of hydrogen-bond acceptors (Lipinski definition) is 3. The molecule has 1 aliphatic rings. The van der Waals surface area contributed by atoms with E-state index in [0.29, 0.717) is 24.6 Å². The third kappa shape index (κ3) is 2.58. The molecule has 0 radical (unpaired) electrons. The molecule has 6 heteroatoms. The average molecular weight is 248 g/mol. The highest BCUT2D eigenvalue weighted by molar-refractivity contribution is 6.29. The van der Waals surface area contributed by atoms with Gasteiger partial charge >= 0.3 is 0 Å². The highest BCUT2D eigenvalue weighted by Gasteiger charge is 2.35. The van der Waals surface area contributed by atoms with Crippen molar-refractivity contribution in [1.29, 1.82) is 0 Å². The maximum Gasteiger partial charge on any atom is 0.265 e. The van der Waals surface area contributed by atoms with Gasteiger partial charge in [0, 0.05) is 19.0 Å². The summed E-state index contributed by atoms with van der Waals surface area (Å²) in [5, 5.41) is 0.288. The Balaban J connectivity index is 2.23.